The number of pyridine rings is 1. The summed E-state index contributed by atoms with van der Waals surface area (Å²) in [5.74, 6) is 0.318. The average molecular weight is 386 g/mol. The minimum absolute atomic E-state index is 0.227. The Hall–Kier alpha value is -1.99. The third-order valence-electron chi connectivity index (χ3n) is 6.90. The van der Waals surface area contributed by atoms with E-state index in [9.17, 15) is 9.59 Å². The van der Waals surface area contributed by atoms with E-state index >= 15 is 0 Å². The van der Waals surface area contributed by atoms with Gasteiger partial charge in [0.25, 0.3) is 5.91 Å². The summed E-state index contributed by atoms with van der Waals surface area (Å²) in [6.07, 6.45) is 7.99. The Kier molecular flexibility index (Phi) is 5.38. The van der Waals surface area contributed by atoms with E-state index in [4.69, 9.17) is 5.21 Å². The van der Waals surface area contributed by atoms with Gasteiger partial charge in [0.2, 0.25) is 5.91 Å². The molecule has 0 aromatic carbocycles. The highest BCUT2D eigenvalue weighted by Crippen LogP contribution is 2.39. The Morgan fingerprint density at radius 3 is 2.61 bits per heavy atom. The molecule has 2 N–H and O–H groups in total. The number of hydroxylamine groups is 1. The lowest BCUT2D eigenvalue weighted by atomic mass is 9.88. The van der Waals surface area contributed by atoms with Crippen molar-refractivity contribution in [3.8, 4) is 0 Å². The Morgan fingerprint density at radius 1 is 1.29 bits per heavy atom. The Balaban J connectivity index is 1.48. The quantitative estimate of drug-likeness (QED) is 0.612. The van der Waals surface area contributed by atoms with Gasteiger partial charge in [0.1, 0.15) is 0 Å². The maximum Gasteiger partial charge on any atom is 0.276 e. The van der Waals surface area contributed by atoms with Crippen molar-refractivity contribution in [2.75, 3.05) is 6.54 Å². The largest absolute Gasteiger partial charge is 0.337 e. The van der Waals surface area contributed by atoms with Gasteiger partial charge in [0.15, 0.2) is 0 Å². The molecule has 28 heavy (non-hydrogen) atoms. The van der Waals surface area contributed by atoms with Gasteiger partial charge in [-0.15, -0.1) is 0 Å². The third-order valence-corrected chi connectivity index (χ3v) is 6.90. The second kappa shape index (κ2) is 7.79. The Labute approximate surface area is 166 Å². The van der Waals surface area contributed by atoms with Gasteiger partial charge in [-0.05, 0) is 49.7 Å². The van der Waals surface area contributed by atoms with E-state index in [2.05, 4.69) is 21.7 Å². The normalized spacial score (nSPS) is 29.5. The fourth-order valence-corrected chi connectivity index (χ4v) is 5.65. The van der Waals surface area contributed by atoms with Crippen molar-refractivity contribution in [1.82, 2.24) is 20.3 Å². The maximum atomic E-state index is 12.0. The summed E-state index contributed by atoms with van der Waals surface area (Å²) in [4.78, 5) is 32.9. The van der Waals surface area contributed by atoms with Crippen molar-refractivity contribution in [2.45, 2.75) is 77.0 Å². The highest BCUT2D eigenvalue weighted by Gasteiger charge is 2.42. The number of carbonyl (C=O) groups is 2. The van der Waals surface area contributed by atoms with Gasteiger partial charge in [-0.2, -0.15) is 0 Å². The number of nitrogens with one attached hydrogen (secondary N) is 1. The van der Waals surface area contributed by atoms with Gasteiger partial charge in [-0.3, -0.25) is 24.7 Å². The standard InChI is InChI=1S/C21H30N4O3/c1-3-17-9-20-16(8-15(10-22-20)21(27)23-28)12-24(17)11-14-6-18-4-5-19(7-14)25(18)13(2)26/h8,10,14,17-19,28H,3-7,9,11-12H2,1-2H3,(H,23,27)/t14?,17-,18?,19?/m1/s1. The number of fused-ring (bicyclic) bond motifs is 3. The molecule has 2 unspecified atom stereocenters. The van der Waals surface area contributed by atoms with Crippen molar-refractivity contribution >= 4 is 11.8 Å². The molecule has 2 bridgehead atoms. The molecule has 2 amide bonds. The summed E-state index contributed by atoms with van der Waals surface area (Å²) < 4.78 is 0. The van der Waals surface area contributed by atoms with Gasteiger partial charge in [-0.25, -0.2) is 5.48 Å². The summed E-state index contributed by atoms with van der Waals surface area (Å²) >= 11 is 0. The summed E-state index contributed by atoms with van der Waals surface area (Å²) in [7, 11) is 0. The number of hydrogen-bond acceptors (Lipinski definition) is 5. The topological polar surface area (TPSA) is 85.8 Å². The monoisotopic (exact) mass is 386 g/mol. The Morgan fingerprint density at radius 2 is 2.00 bits per heavy atom. The van der Waals surface area contributed by atoms with Crippen LogP contribution in [0.15, 0.2) is 12.3 Å². The number of carbonyl (C=O) groups excluding carboxylic acids is 2. The minimum atomic E-state index is -0.521. The van der Waals surface area contributed by atoms with E-state index in [1.807, 2.05) is 6.07 Å². The molecule has 2 saturated heterocycles. The van der Waals surface area contributed by atoms with Crippen molar-refractivity contribution in [3.63, 3.8) is 0 Å². The molecule has 3 aliphatic heterocycles. The van der Waals surface area contributed by atoms with Crippen LogP contribution in [-0.2, 0) is 17.8 Å². The van der Waals surface area contributed by atoms with Crippen LogP contribution >= 0.6 is 0 Å². The molecular formula is C21H30N4O3. The zero-order valence-electron chi connectivity index (χ0n) is 16.7. The molecule has 4 rings (SSSR count). The van der Waals surface area contributed by atoms with Crippen LogP contribution in [0.1, 0.15) is 67.6 Å². The molecule has 0 aliphatic carbocycles. The maximum absolute atomic E-state index is 12.0. The fraction of sp³-hybridized carbons (Fsp3) is 0.667. The SMILES string of the molecule is CC[C@@H]1Cc2ncc(C(=O)NO)cc2CN1CC1CC2CCC(C1)N2C(C)=O. The van der Waals surface area contributed by atoms with Crippen molar-refractivity contribution in [2.24, 2.45) is 5.92 Å². The van der Waals surface area contributed by atoms with Crippen LogP contribution in [0, 0.1) is 5.92 Å². The second-order valence-electron chi connectivity index (χ2n) is 8.62. The number of amides is 2. The smallest absolute Gasteiger partial charge is 0.276 e. The van der Waals surface area contributed by atoms with Crippen LogP contribution in [0.3, 0.4) is 0 Å². The molecule has 7 heteroatoms. The average Bonchev–Trinajstić information content (AvgIpc) is 2.97. The van der Waals surface area contributed by atoms with E-state index in [1.165, 1.54) is 0 Å². The summed E-state index contributed by atoms with van der Waals surface area (Å²) in [6.45, 7) is 5.74. The van der Waals surface area contributed by atoms with Gasteiger partial charge in [0.05, 0.1) is 5.56 Å². The van der Waals surface area contributed by atoms with Crippen LogP contribution in [0.2, 0.25) is 0 Å². The lowest BCUT2D eigenvalue weighted by Crippen LogP contribution is -2.49. The first kappa shape index (κ1) is 19.3. The molecule has 0 saturated carbocycles. The number of aromatic nitrogens is 1. The highest BCUT2D eigenvalue weighted by atomic mass is 16.5. The number of nitrogens with zero attached hydrogens (tertiary/aromatic N) is 3. The molecule has 3 aliphatic rings. The van der Waals surface area contributed by atoms with Gasteiger partial charge in [-0.1, -0.05) is 6.92 Å². The predicted molar refractivity (Wildman–Crippen MR) is 104 cm³/mol. The first-order chi connectivity index (χ1) is 13.5. The molecule has 0 spiro atoms. The molecule has 1 aromatic heterocycles. The molecule has 0 radical (unpaired) electrons. The van der Waals surface area contributed by atoms with Crippen molar-refractivity contribution in [3.05, 3.63) is 29.1 Å². The zero-order chi connectivity index (χ0) is 19.8. The third kappa shape index (κ3) is 3.53. The van der Waals surface area contributed by atoms with Crippen LogP contribution in [0.25, 0.3) is 0 Å². The first-order valence-electron chi connectivity index (χ1n) is 10.4. The summed E-state index contributed by atoms with van der Waals surface area (Å²) in [6, 6.07) is 3.15. The lowest BCUT2D eigenvalue weighted by molar-refractivity contribution is -0.134. The van der Waals surface area contributed by atoms with Gasteiger partial charge >= 0.3 is 0 Å². The van der Waals surface area contributed by atoms with E-state index in [0.29, 0.717) is 29.6 Å². The van der Waals surface area contributed by atoms with Gasteiger partial charge in [0, 0.05) is 56.5 Å². The van der Waals surface area contributed by atoms with E-state index in [-0.39, 0.29) is 5.91 Å². The predicted octanol–water partition coefficient (Wildman–Crippen LogP) is 2.13. The van der Waals surface area contributed by atoms with Crippen LogP contribution in [-0.4, -0.2) is 56.5 Å². The fourth-order valence-electron chi connectivity index (χ4n) is 5.65. The molecule has 152 valence electrons. The minimum Gasteiger partial charge on any atom is -0.337 e. The van der Waals surface area contributed by atoms with Crippen molar-refractivity contribution in [1.29, 1.82) is 0 Å². The van der Waals surface area contributed by atoms with Crippen LogP contribution in [0.5, 0.6) is 0 Å². The number of rotatable bonds is 4. The lowest BCUT2D eigenvalue weighted by Gasteiger charge is -2.43. The number of piperidine rings is 1. The summed E-state index contributed by atoms with van der Waals surface area (Å²) in [5.41, 5.74) is 4.22. The van der Waals surface area contributed by atoms with E-state index in [0.717, 1.165) is 62.9 Å². The van der Waals surface area contributed by atoms with Gasteiger partial charge < -0.3 is 4.90 Å². The molecule has 4 heterocycles. The van der Waals surface area contributed by atoms with Crippen LogP contribution in [0.4, 0.5) is 0 Å². The van der Waals surface area contributed by atoms with Crippen LogP contribution < -0.4 is 5.48 Å². The summed E-state index contributed by atoms with van der Waals surface area (Å²) in [5, 5.41) is 8.89. The zero-order valence-corrected chi connectivity index (χ0v) is 16.7. The molecule has 1 aromatic rings. The number of hydrogen-bond donors (Lipinski definition) is 2. The second-order valence-corrected chi connectivity index (χ2v) is 8.62. The first-order valence-corrected chi connectivity index (χ1v) is 10.4. The highest BCUT2D eigenvalue weighted by molar-refractivity contribution is 5.93. The molecular weight excluding hydrogens is 356 g/mol. The molecule has 3 atom stereocenters. The Bertz CT molecular complexity index is 754. The van der Waals surface area contributed by atoms with E-state index < -0.39 is 5.91 Å². The van der Waals surface area contributed by atoms with E-state index in [1.54, 1.807) is 18.6 Å². The molecule has 2 fully saturated rings. The van der Waals surface area contributed by atoms with Crippen molar-refractivity contribution < 1.29 is 14.8 Å². The molecule has 7 nitrogen and oxygen atoms in total.